The third-order valence-corrected chi connectivity index (χ3v) is 5.60. The van der Waals surface area contributed by atoms with E-state index in [2.05, 4.69) is 44.2 Å². The van der Waals surface area contributed by atoms with Crippen LogP contribution in [-0.4, -0.2) is 5.11 Å². The first-order valence-electron chi connectivity index (χ1n) is 11.2. The molecule has 0 spiro atoms. The van der Waals surface area contributed by atoms with Gasteiger partial charge in [0.05, 0.1) is 0 Å². The normalized spacial score (nSPS) is 11.0. The molecule has 0 aliphatic rings. The van der Waals surface area contributed by atoms with E-state index >= 15 is 0 Å². The minimum absolute atomic E-state index is 0.407. The fraction of sp³-hybridized carbons (Fsp3) is 0.538. The summed E-state index contributed by atoms with van der Waals surface area (Å²) in [6.07, 6.45) is 15.7. The maximum Gasteiger partial charge on any atom is 0.123 e. The molecule has 0 radical (unpaired) electrons. The van der Waals surface area contributed by atoms with Crippen molar-refractivity contribution in [2.24, 2.45) is 0 Å². The fourth-order valence-electron chi connectivity index (χ4n) is 3.98. The molecule has 1 N–H and O–H groups in total. The standard InChI is InChI=1S/C26H38O/c1-3-5-6-7-8-9-10-11-12-13-17-23-18-14-15-20-24(23)26-22(4-2)19-16-21-25(26)27/h14-16,18-21,27H,3-13,17H2,1-2H3. The van der Waals surface area contributed by atoms with Gasteiger partial charge in [0.2, 0.25) is 0 Å². The van der Waals surface area contributed by atoms with Crippen LogP contribution < -0.4 is 0 Å². The summed E-state index contributed by atoms with van der Waals surface area (Å²) in [5.41, 5.74) is 4.84. The number of rotatable bonds is 13. The Kier molecular flexibility index (Phi) is 10.0. The molecular weight excluding hydrogens is 328 g/mol. The van der Waals surface area contributed by atoms with Crippen molar-refractivity contribution in [3.05, 3.63) is 53.6 Å². The number of benzene rings is 2. The van der Waals surface area contributed by atoms with Crippen molar-refractivity contribution >= 4 is 0 Å². The SMILES string of the molecule is CCCCCCCCCCCCc1ccccc1-c1c(O)cccc1CC. The lowest BCUT2D eigenvalue weighted by atomic mass is 9.91. The second-order valence-corrected chi connectivity index (χ2v) is 7.75. The van der Waals surface area contributed by atoms with Crippen molar-refractivity contribution in [1.29, 1.82) is 0 Å². The van der Waals surface area contributed by atoms with Crippen LogP contribution in [0.15, 0.2) is 42.5 Å². The summed E-state index contributed by atoms with van der Waals surface area (Å²) < 4.78 is 0. The van der Waals surface area contributed by atoms with E-state index < -0.39 is 0 Å². The highest BCUT2D eigenvalue weighted by Crippen LogP contribution is 2.35. The molecular formula is C26H38O. The summed E-state index contributed by atoms with van der Waals surface area (Å²) >= 11 is 0. The molecule has 2 aromatic carbocycles. The number of aryl methyl sites for hydroxylation is 2. The minimum Gasteiger partial charge on any atom is -0.507 e. The van der Waals surface area contributed by atoms with Crippen molar-refractivity contribution in [2.45, 2.75) is 90.9 Å². The summed E-state index contributed by atoms with van der Waals surface area (Å²) in [6, 6.07) is 14.5. The van der Waals surface area contributed by atoms with Gasteiger partial charge in [-0.15, -0.1) is 0 Å². The second kappa shape index (κ2) is 12.6. The zero-order chi connectivity index (χ0) is 19.3. The summed E-state index contributed by atoms with van der Waals surface area (Å²) in [6.45, 7) is 4.43. The first-order valence-corrected chi connectivity index (χ1v) is 11.2. The van der Waals surface area contributed by atoms with E-state index in [1.54, 1.807) is 0 Å². The average Bonchev–Trinajstić information content (AvgIpc) is 2.69. The van der Waals surface area contributed by atoms with Gasteiger partial charge in [-0.2, -0.15) is 0 Å². The predicted octanol–water partition coefficient (Wildman–Crippen LogP) is 8.09. The van der Waals surface area contributed by atoms with E-state index in [0.717, 1.165) is 18.4 Å². The van der Waals surface area contributed by atoms with Gasteiger partial charge in [0, 0.05) is 5.56 Å². The first-order chi connectivity index (χ1) is 13.3. The summed E-state index contributed by atoms with van der Waals surface area (Å²) in [5, 5.41) is 10.4. The molecule has 0 amide bonds. The Bertz CT molecular complexity index is 659. The lowest BCUT2D eigenvalue weighted by Gasteiger charge is -2.15. The van der Waals surface area contributed by atoms with Gasteiger partial charge in [-0.25, -0.2) is 0 Å². The zero-order valence-corrected chi connectivity index (χ0v) is 17.5. The average molecular weight is 367 g/mol. The molecule has 0 atom stereocenters. The van der Waals surface area contributed by atoms with Crippen LogP contribution in [0.25, 0.3) is 11.1 Å². The smallest absolute Gasteiger partial charge is 0.123 e. The van der Waals surface area contributed by atoms with Crippen molar-refractivity contribution in [3.8, 4) is 16.9 Å². The van der Waals surface area contributed by atoms with E-state index in [1.807, 2.05) is 12.1 Å². The van der Waals surface area contributed by atoms with Gasteiger partial charge in [-0.05, 0) is 42.0 Å². The minimum atomic E-state index is 0.407. The number of hydrogen-bond acceptors (Lipinski definition) is 1. The number of phenols is 1. The number of phenolic OH excluding ortho intramolecular Hbond substituents is 1. The van der Waals surface area contributed by atoms with E-state index in [4.69, 9.17) is 0 Å². The van der Waals surface area contributed by atoms with Gasteiger partial charge in [0.25, 0.3) is 0 Å². The monoisotopic (exact) mass is 366 g/mol. The number of aromatic hydroxyl groups is 1. The molecule has 0 aromatic heterocycles. The molecule has 0 unspecified atom stereocenters. The van der Waals surface area contributed by atoms with Crippen LogP contribution in [0, 0.1) is 0 Å². The number of hydrogen-bond donors (Lipinski definition) is 1. The van der Waals surface area contributed by atoms with Gasteiger partial charge in [-0.3, -0.25) is 0 Å². The maximum atomic E-state index is 10.4. The van der Waals surface area contributed by atoms with Crippen LogP contribution in [0.1, 0.15) is 89.2 Å². The molecule has 0 saturated heterocycles. The summed E-state index contributed by atoms with van der Waals surface area (Å²) in [7, 11) is 0. The van der Waals surface area contributed by atoms with Crippen molar-refractivity contribution in [1.82, 2.24) is 0 Å². The fourth-order valence-corrected chi connectivity index (χ4v) is 3.98. The molecule has 0 bridgehead atoms. The van der Waals surface area contributed by atoms with Crippen molar-refractivity contribution < 1.29 is 5.11 Å². The highest BCUT2D eigenvalue weighted by atomic mass is 16.3. The lowest BCUT2D eigenvalue weighted by Crippen LogP contribution is -1.95. The molecule has 2 rings (SSSR count). The van der Waals surface area contributed by atoms with Gasteiger partial charge in [0.1, 0.15) is 5.75 Å². The van der Waals surface area contributed by atoms with Gasteiger partial charge in [0.15, 0.2) is 0 Å². The molecule has 0 heterocycles. The molecule has 0 aliphatic carbocycles. The molecule has 1 nitrogen and oxygen atoms in total. The lowest BCUT2D eigenvalue weighted by molar-refractivity contribution is 0.476. The van der Waals surface area contributed by atoms with E-state index in [9.17, 15) is 5.11 Å². The maximum absolute atomic E-state index is 10.4. The van der Waals surface area contributed by atoms with E-state index in [-0.39, 0.29) is 0 Å². The van der Waals surface area contributed by atoms with Crippen LogP contribution >= 0.6 is 0 Å². The summed E-state index contributed by atoms with van der Waals surface area (Å²) in [4.78, 5) is 0. The van der Waals surface area contributed by atoms with Crippen LogP contribution in [0.4, 0.5) is 0 Å². The Hall–Kier alpha value is -1.76. The van der Waals surface area contributed by atoms with E-state index in [0.29, 0.717) is 5.75 Å². The van der Waals surface area contributed by atoms with Crippen molar-refractivity contribution in [2.75, 3.05) is 0 Å². The van der Waals surface area contributed by atoms with Crippen LogP contribution in [0.5, 0.6) is 5.75 Å². The summed E-state index contributed by atoms with van der Waals surface area (Å²) in [5.74, 6) is 0.407. The first kappa shape index (κ1) is 21.5. The zero-order valence-electron chi connectivity index (χ0n) is 17.5. The van der Waals surface area contributed by atoms with Gasteiger partial charge < -0.3 is 5.11 Å². The Labute approximate surface area is 166 Å². The molecule has 2 aromatic rings. The molecule has 27 heavy (non-hydrogen) atoms. The predicted molar refractivity (Wildman–Crippen MR) is 118 cm³/mol. The van der Waals surface area contributed by atoms with Crippen molar-refractivity contribution in [3.63, 3.8) is 0 Å². The molecule has 0 saturated carbocycles. The topological polar surface area (TPSA) is 20.2 Å². The largest absolute Gasteiger partial charge is 0.507 e. The molecule has 1 heteroatoms. The Balaban J connectivity index is 1.82. The Morgan fingerprint density at radius 1 is 0.630 bits per heavy atom. The van der Waals surface area contributed by atoms with Crippen LogP contribution in [0.3, 0.4) is 0 Å². The quantitative estimate of drug-likeness (QED) is 0.355. The van der Waals surface area contributed by atoms with Gasteiger partial charge in [-0.1, -0.05) is 108 Å². The Morgan fingerprint density at radius 2 is 1.22 bits per heavy atom. The highest BCUT2D eigenvalue weighted by molar-refractivity contribution is 5.76. The van der Waals surface area contributed by atoms with Crippen LogP contribution in [0.2, 0.25) is 0 Å². The third-order valence-electron chi connectivity index (χ3n) is 5.60. The molecule has 0 fully saturated rings. The highest BCUT2D eigenvalue weighted by Gasteiger charge is 2.12. The molecule has 148 valence electrons. The second-order valence-electron chi connectivity index (χ2n) is 7.75. The Morgan fingerprint density at radius 3 is 1.89 bits per heavy atom. The van der Waals surface area contributed by atoms with E-state index in [1.165, 1.54) is 80.9 Å². The van der Waals surface area contributed by atoms with Crippen LogP contribution in [-0.2, 0) is 12.8 Å². The molecule has 0 aliphatic heterocycles. The van der Waals surface area contributed by atoms with Gasteiger partial charge >= 0.3 is 0 Å². The number of unbranched alkanes of at least 4 members (excludes halogenated alkanes) is 9. The third kappa shape index (κ3) is 7.05.